The number of rotatable bonds is 11. The number of methoxy groups -OCH3 is 2. The highest BCUT2D eigenvalue weighted by Gasteiger charge is 2.35. The summed E-state index contributed by atoms with van der Waals surface area (Å²) in [6, 6.07) is 18.1. The van der Waals surface area contributed by atoms with E-state index in [0.29, 0.717) is 61.3 Å². The van der Waals surface area contributed by atoms with E-state index < -0.39 is 12.0 Å². The van der Waals surface area contributed by atoms with Crippen molar-refractivity contribution in [2.24, 2.45) is 4.99 Å². The van der Waals surface area contributed by atoms with Gasteiger partial charge >= 0.3 is 5.97 Å². The number of carbonyl (C=O) groups excluding carboxylic acids is 1. The zero-order chi connectivity index (χ0) is 32.1. The van der Waals surface area contributed by atoms with Gasteiger partial charge in [-0.3, -0.25) is 9.36 Å². The summed E-state index contributed by atoms with van der Waals surface area (Å²) in [5.74, 6) is 1.58. The summed E-state index contributed by atoms with van der Waals surface area (Å²) < 4.78 is 31.0. The maximum atomic E-state index is 14.1. The summed E-state index contributed by atoms with van der Waals surface area (Å²) in [7, 11) is 3.07. The molecule has 45 heavy (non-hydrogen) atoms. The smallest absolute Gasteiger partial charge is 0.338 e. The van der Waals surface area contributed by atoms with E-state index in [0.717, 1.165) is 11.1 Å². The zero-order valence-electron chi connectivity index (χ0n) is 25.6. The standard InChI is InChI=1S/C34H33BrN2O7S/c1-6-42-28-15-22(13-14-25(28)44-19-21-11-9-8-10-12-21)16-29-32(38)37-31(23-17-26(40-4)27(41-5)18-24(23)35)30(33(39)43-7-2)20(3)36-34(37)45-29/h8-18,31H,6-7,19H2,1-5H3/b29-16-/t31-/m0/s1. The first kappa shape index (κ1) is 32.1. The molecule has 0 saturated heterocycles. The summed E-state index contributed by atoms with van der Waals surface area (Å²) in [4.78, 5) is 32.6. The van der Waals surface area contributed by atoms with E-state index in [-0.39, 0.29) is 17.7 Å². The van der Waals surface area contributed by atoms with Gasteiger partial charge in [-0.05, 0) is 67.8 Å². The van der Waals surface area contributed by atoms with E-state index in [1.54, 1.807) is 39.2 Å². The lowest BCUT2D eigenvalue weighted by atomic mass is 9.95. The van der Waals surface area contributed by atoms with E-state index in [4.69, 9.17) is 23.7 Å². The Morgan fingerprint density at radius 3 is 2.38 bits per heavy atom. The predicted octanol–water partition coefficient (Wildman–Crippen LogP) is 5.56. The van der Waals surface area contributed by atoms with Crippen molar-refractivity contribution in [3.05, 3.63) is 113 Å². The molecule has 0 bridgehead atoms. The molecule has 1 aliphatic rings. The van der Waals surface area contributed by atoms with Crippen molar-refractivity contribution >= 4 is 39.3 Å². The quantitative estimate of drug-likeness (QED) is 0.190. The Kier molecular flexibility index (Phi) is 10.1. The van der Waals surface area contributed by atoms with Crippen LogP contribution in [-0.4, -0.2) is 38.0 Å². The molecule has 11 heteroatoms. The lowest BCUT2D eigenvalue weighted by Crippen LogP contribution is -2.40. The summed E-state index contributed by atoms with van der Waals surface area (Å²) in [5, 5.41) is 0. The maximum absolute atomic E-state index is 14.1. The van der Waals surface area contributed by atoms with Gasteiger partial charge in [0.15, 0.2) is 27.8 Å². The van der Waals surface area contributed by atoms with Crippen LogP contribution < -0.4 is 33.8 Å². The minimum Gasteiger partial charge on any atom is -0.493 e. The van der Waals surface area contributed by atoms with Gasteiger partial charge in [0.2, 0.25) is 0 Å². The number of esters is 1. The third-order valence-corrected chi connectivity index (χ3v) is 8.79. The topological polar surface area (TPSA) is 97.6 Å². The van der Waals surface area contributed by atoms with Crippen LogP contribution in [0.4, 0.5) is 0 Å². The Balaban J connectivity index is 1.62. The second-order valence-corrected chi connectivity index (χ2v) is 11.8. The highest BCUT2D eigenvalue weighted by atomic mass is 79.9. The molecule has 0 N–H and O–H groups in total. The number of thiazole rings is 1. The molecule has 0 saturated carbocycles. The van der Waals surface area contributed by atoms with Crippen molar-refractivity contribution in [3.63, 3.8) is 0 Å². The molecule has 3 aromatic carbocycles. The van der Waals surface area contributed by atoms with Gasteiger partial charge in [0, 0.05) is 4.47 Å². The number of allylic oxidation sites excluding steroid dienone is 1. The van der Waals surface area contributed by atoms with Crippen molar-refractivity contribution in [2.75, 3.05) is 27.4 Å². The first-order valence-electron chi connectivity index (χ1n) is 14.3. The average Bonchev–Trinajstić information content (AvgIpc) is 3.34. The molecular weight excluding hydrogens is 660 g/mol. The van der Waals surface area contributed by atoms with Gasteiger partial charge in [-0.25, -0.2) is 9.79 Å². The molecule has 0 fully saturated rings. The molecule has 2 heterocycles. The van der Waals surface area contributed by atoms with E-state index >= 15 is 0 Å². The second kappa shape index (κ2) is 14.2. The van der Waals surface area contributed by atoms with Crippen LogP contribution in [-0.2, 0) is 16.1 Å². The summed E-state index contributed by atoms with van der Waals surface area (Å²) in [6.45, 7) is 6.40. The van der Waals surface area contributed by atoms with E-state index in [2.05, 4.69) is 20.9 Å². The van der Waals surface area contributed by atoms with Crippen LogP contribution >= 0.6 is 27.3 Å². The molecule has 9 nitrogen and oxygen atoms in total. The van der Waals surface area contributed by atoms with Crippen LogP contribution in [0, 0.1) is 0 Å². The first-order chi connectivity index (χ1) is 21.8. The molecule has 1 atom stereocenters. The number of halogens is 1. The largest absolute Gasteiger partial charge is 0.493 e. The van der Waals surface area contributed by atoms with Gasteiger partial charge in [-0.1, -0.05) is 63.7 Å². The SMILES string of the molecule is CCOC(=O)C1=C(C)N=c2s/c(=C\c3ccc(OCc4ccccc4)c(OCC)c3)c(=O)n2[C@H]1c1cc(OC)c(OC)cc1Br. The summed E-state index contributed by atoms with van der Waals surface area (Å²) in [5.41, 5.74) is 2.84. The highest BCUT2D eigenvalue weighted by molar-refractivity contribution is 9.10. The van der Waals surface area contributed by atoms with Crippen LogP contribution in [0.25, 0.3) is 6.08 Å². The van der Waals surface area contributed by atoms with Gasteiger partial charge < -0.3 is 23.7 Å². The van der Waals surface area contributed by atoms with Crippen molar-refractivity contribution in [1.29, 1.82) is 0 Å². The van der Waals surface area contributed by atoms with Gasteiger partial charge in [0.1, 0.15) is 6.61 Å². The van der Waals surface area contributed by atoms with Crippen LogP contribution in [0.3, 0.4) is 0 Å². The summed E-state index contributed by atoms with van der Waals surface area (Å²) in [6.07, 6.45) is 1.79. The van der Waals surface area contributed by atoms with E-state index in [1.165, 1.54) is 23.0 Å². The molecule has 1 aliphatic heterocycles. The van der Waals surface area contributed by atoms with Gasteiger partial charge in [-0.15, -0.1) is 0 Å². The van der Waals surface area contributed by atoms with Crippen LogP contribution in [0.1, 0.15) is 43.5 Å². The summed E-state index contributed by atoms with van der Waals surface area (Å²) >= 11 is 4.87. The minimum atomic E-state index is -0.829. The highest BCUT2D eigenvalue weighted by Crippen LogP contribution is 2.41. The fourth-order valence-corrected chi connectivity index (χ4v) is 6.64. The zero-order valence-corrected chi connectivity index (χ0v) is 28.0. The molecule has 4 aromatic rings. The molecule has 0 spiro atoms. The molecule has 0 amide bonds. The average molecular weight is 694 g/mol. The number of carbonyl (C=O) groups is 1. The molecule has 5 rings (SSSR count). The predicted molar refractivity (Wildman–Crippen MR) is 176 cm³/mol. The number of benzene rings is 3. The number of hydrogen-bond donors (Lipinski definition) is 0. The first-order valence-corrected chi connectivity index (χ1v) is 15.9. The molecule has 1 aromatic heterocycles. The Bertz CT molecular complexity index is 1930. The Morgan fingerprint density at radius 2 is 1.69 bits per heavy atom. The number of hydrogen-bond acceptors (Lipinski definition) is 9. The van der Waals surface area contributed by atoms with Gasteiger partial charge in [-0.2, -0.15) is 0 Å². The molecule has 234 valence electrons. The van der Waals surface area contributed by atoms with Gasteiger partial charge in [0.25, 0.3) is 5.56 Å². The molecule has 0 unspecified atom stereocenters. The molecule has 0 aliphatic carbocycles. The van der Waals surface area contributed by atoms with Crippen LogP contribution in [0.5, 0.6) is 23.0 Å². The third-order valence-electron chi connectivity index (χ3n) is 7.12. The van der Waals surface area contributed by atoms with Crippen LogP contribution in [0.2, 0.25) is 0 Å². The van der Waals surface area contributed by atoms with Crippen molar-refractivity contribution in [1.82, 2.24) is 4.57 Å². The van der Waals surface area contributed by atoms with Crippen molar-refractivity contribution < 1.29 is 28.5 Å². The Hall–Kier alpha value is -4.35. The Morgan fingerprint density at radius 1 is 0.956 bits per heavy atom. The minimum absolute atomic E-state index is 0.174. The lowest BCUT2D eigenvalue weighted by molar-refractivity contribution is -0.139. The molecular formula is C34H33BrN2O7S. The molecule has 0 radical (unpaired) electrons. The maximum Gasteiger partial charge on any atom is 0.338 e. The fourth-order valence-electron chi connectivity index (χ4n) is 5.05. The Labute approximate surface area is 273 Å². The monoisotopic (exact) mass is 692 g/mol. The number of fused-ring (bicyclic) bond motifs is 1. The van der Waals surface area contributed by atoms with Gasteiger partial charge in [0.05, 0.1) is 49.3 Å². The fraction of sp³-hybridized carbons (Fsp3) is 0.265. The third kappa shape index (κ3) is 6.69. The lowest BCUT2D eigenvalue weighted by Gasteiger charge is -2.26. The number of aromatic nitrogens is 1. The van der Waals surface area contributed by atoms with E-state index in [9.17, 15) is 9.59 Å². The van der Waals surface area contributed by atoms with Crippen molar-refractivity contribution in [3.8, 4) is 23.0 Å². The normalized spacial score (nSPS) is 14.4. The second-order valence-electron chi connectivity index (χ2n) is 9.94. The number of ether oxygens (including phenoxy) is 5. The van der Waals surface area contributed by atoms with E-state index in [1.807, 2.05) is 55.5 Å². The van der Waals surface area contributed by atoms with Crippen LogP contribution in [0.15, 0.2) is 86.2 Å². The number of nitrogens with zero attached hydrogens (tertiary/aromatic N) is 2. The van der Waals surface area contributed by atoms with Crippen molar-refractivity contribution in [2.45, 2.75) is 33.4 Å².